The minimum absolute atomic E-state index is 0.136. The lowest BCUT2D eigenvalue weighted by Gasteiger charge is -2.64. The Morgan fingerprint density at radius 2 is 0.714 bits per heavy atom. The molecule has 0 aromatic heterocycles. The van der Waals surface area contributed by atoms with E-state index in [-0.39, 0.29) is 19.4 Å². The molecule has 426 valence electrons. The molecule has 12 atom stereocenters. The summed E-state index contributed by atoms with van der Waals surface area (Å²) in [5.74, 6) is 10.6. The molecular formula is C67H98BBr3O3S3. The molecular weight excluding hydrogens is 1200 g/mol. The van der Waals surface area contributed by atoms with E-state index in [4.69, 9.17) is 4.74 Å². The number of phenols is 2. The smallest absolute Gasteiger partial charge is 0.369 e. The Morgan fingerprint density at radius 3 is 1.03 bits per heavy atom. The van der Waals surface area contributed by atoms with Crippen molar-refractivity contribution in [1.29, 1.82) is 0 Å². The molecule has 0 spiro atoms. The van der Waals surface area contributed by atoms with Crippen molar-refractivity contribution in [2.75, 3.05) is 24.4 Å². The Bertz CT molecular complexity index is 2550. The van der Waals surface area contributed by atoms with Gasteiger partial charge in [-0.3, -0.25) is 0 Å². The SMILES string of the molecule is BrB(Br)Br.COc1cc(C)cc2c1[C@]1(C)CC[C@H]3C(C)(C)CCC[C@]3(C)[C@H]1CS2.Cc1cc(O)c2c(c1)SC[C@@H]1[C@@]3(C)CCCC(C)(C)[C@@H]3CC[C@@]21C.Cc1cc(O)c2c(c1)SC[C@@H]1[C@@]3(C)CCCC(C)(C)[C@@H]3CC[C@@]21C. The Labute approximate surface area is 506 Å². The van der Waals surface area contributed by atoms with Crippen LogP contribution in [-0.2, 0) is 16.2 Å². The maximum absolute atomic E-state index is 10.8. The molecule has 0 unspecified atom stereocenters. The maximum atomic E-state index is 10.8. The molecule has 3 aliphatic heterocycles. The van der Waals surface area contributed by atoms with Gasteiger partial charge in [-0.25, -0.2) is 0 Å². The molecule has 0 radical (unpaired) electrons. The standard InChI is InChI=1S/C23H34OS.2C22H32OS.BBr3/c1-15-12-16(24-6)20-17(13-15)25-14-19-22(4)10-7-9-21(2,3)18(22)8-11-23(19,20)5;2*1-14-11-15(23)19-16(12-14)24-13-18-21(4)9-6-8-20(2,3)17(21)7-10-22(18,19)5;2-1(3)4/h12-13,18-19H,7-11,14H2,1-6H3;2*11-12,17-18,23H,6-10,13H2,1-5H3;/t18-,19+,22-,23+;2*17-,18+,21-,22+;/m000./s1. The second-order valence-corrected chi connectivity index (χ2v) is 39.7. The summed E-state index contributed by atoms with van der Waals surface area (Å²) in [6.45, 7) is 36.7. The zero-order valence-electron chi connectivity index (χ0n) is 50.4. The summed E-state index contributed by atoms with van der Waals surface area (Å²) in [5.41, 5.74) is 11.0. The van der Waals surface area contributed by atoms with E-state index in [1.54, 1.807) is 0 Å². The first-order valence-corrected chi connectivity index (χ1v) is 35.7. The van der Waals surface area contributed by atoms with Crippen LogP contribution in [0.4, 0.5) is 0 Å². The number of phenolic OH excluding ortho intramolecular Hbond substituents is 2. The first-order chi connectivity index (χ1) is 35.8. The number of fused-ring (bicyclic) bond motifs is 15. The molecule has 0 bridgehead atoms. The maximum Gasteiger partial charge on any atom is 0.369 e. The van der Waals surface area contributed by atoms with Crippen molar-refractivity contribution < 1.29 is 14.9 Å². The van der Waals surface area contributed by atoms with Gasteiger partial charge in [0.15, 0.2) is 0 Å². The lowest BCUT2D eigenvalue weighted by Crippen LogP contribution is -2.58. The highest BCUT2D eigenvalue weighted by Gasteiger charge is 2.63. The first kappa shape index (κ1) is 61.2. The van der Waals surface area contributed by atoms with E-state index in [0.717, 1.165) is 29.4 Å². The van der Waals surface area contributed by atoms with E-state index in [1.165, 1.54) is 162 Å². The topological polar surface area (TPSA) is 49.7 Å². The van der Waals surface area contributed by atoms with Crippen LogP contribution in [0.2, 0.25) is 0 Å². The second kappa shape index (κ2) is 21.9. The highest BCUT2D eigenvalue weighted by atomic mass is 79.9. The Hall–Kier alpha value is -0.385. The van der Waals surface area contributed by atoms with Gasteiger partial charge in [0, 0.05) is 64.9 Å². The molecule has 6 saturated carbocycles. The van der Waals surface area contributed by atoms with E-state index in [0.29, 0.717) is 55.8 Å². The van der Waals surface area contributed by atoms with Crippen LogP contribution in [-0.4, -0.2) is 37.8 Å². The summed E-state index contributed by atoms with van der Waals surface area (Å²) in [5, 5.41) is 21.6. The number of aromatic hydroxyl groups is 2. The van der Waals surface area contributed by atoms with Gasteiger partial charge in [-0.15, -0.1) is 82.6 Å². The summed E-state index contributed by atoms with van der Waals surface area (Å²) in [6.07, 6.45) is 20.2. The number of thioether (sulfide) groups is 3. The molecule has 6 aliphatic carbocycles. The predicted octanol–water partition coefficient (Wildman–Crippen LogP) is 21.4. The number of hydrogen-bond acceptors (Lipinski definition) is 6. The second-order valence-electron chi connectivity index (χ2n) is 30.1. The Balaban J connectivity index is 0.000000136. The van der Waals surface area contributed by atoms with Gasteiger partial charge in [-0.05, 0) is 219 Å². The van der Waals surface area contributed by atoms with Gasteiger partial charge in [0.05, 0.1) is 7.11 Å². The molecule has 10 heteroatoms. The Kier molecular flexibility index (Phi) is 17.4. The molecule has 12 rings (SSSR count). The molecule has 77 heavy (non-hydrogen) atoms. The third-order valence-corrected chi connectivity index (χ3v) is 27.6. The van der Waals surface area contributed by atoms with Gasteiger partial charge in [-0.2, -0.15) is 0 Å². The number of methoxy groups -OCH3 is 1. The molecule has 0 saturated heterocycles. The van der Waals surface area contributed by atoms with Crippen molar-refractivity contribution in [2.24, 2.45) is 68.0 Å². The van der Waals surface area contributed by atoms with Crippen LogP contribution >= 0.6 is 82.6 Å². The van der Waals surface area contributed by atoms with Gasteiger partial charge in [0.1, 0.15) is 17.2 Å². The molecule has 2 N–H and O–H groups in total. The summed E-state index contributed by atoms with van der Waals surface area (Å²) in [6, 6.07) is 13.2. The van der Waals surface area contributed by atoms with Gasteiger partial charge in [0.25, 0.3) is 0 Å². The summed E-state index contributed by atoms with van der Waals surface area (Å²) in [7, 11) is 1.85. The predicted molar refractivity (Wildman–Crippen MR) is 346 cm³/mol. The van der Waals surface area contributed by atoms with Crippen LogP contribution in [0.1, 0.15) is 213 Å². The van der Waals surface area contributed by atoms with Crippen molar-refractivity contribution in [3.63, 3.8) is 0 Å². The zero-order chi connectivity index (χ0) is 56.3. The normalized spacial score (nSPS) is 38.2. The molecule has 3 heterocycles. The molecule has 6 fully saturated rings. The van der Waals surface area contributed by atoms with Crippen molar-refractivity contribution in [2.45, 2.75) is 231 Å². The van der Waals surface area contributed by atoms with Crippen LogP contribution in [0, 0.1) is 88.8 Å². The van der Waals surface area contributed by atoms with Crippen LogP contribution in [0.5, 0.6) is 17.2 Å². The summed E-state index contributed by atoms with van der Waals surface area (Å²) >= 11 is 15.4. The van der Waals surface area contributed by atoms with Crippen molar-refractivity contribution in [3.8, 4) is 17.2 Å². The molecule has 3 aromatic rings. The van der Waals surface area contributed by atoms with Gasteiger partial charge in [-0.1, -0.05) is 102 Å². The molecule has 0 amide bonds. The third-order valence-electron chi connectivity index (χ3n) is 24.2. The average Bonchev–Trinajstić information content (AvgIpc) is 3.42. The van der Waals surface area contributed by atoms with E-state index < -0.39 is 0 Å². The number of rotatable bonds is 1. The number of hydrogen-bond donors (Lipinski definition) is 2. The molecule has 9 aliphatic rings. The number of halogens is 3. The lowest BCUT2D eigenvalue weighted by atomic mass is 9.43. The van der Waals surface area contributed by atoms with Gasteiger partial charge < -0.3 is 14.9 Å². The Morgan fingerprint density at radius 1 is 0.429 bits per heavy atom. The van der Waals surface area contributed by atoms with Gasteiger partial charge in [0.2, 0.25) is 0 Å². The highest BCUT2D eigenvalue weighted by Crippen LogP contribution is 2.71. The van der Waals surface area contributed by atoms with Crippen LogP contribution in [0.3, 0.4) is 0 Å². The quantitative estimate of drug-likeness (QED) is 0.237. The number of aryl methyl sites for hydroxylation is 3. The minimum atomic E-state index is 0.136. The lowest BCUT2D eigenvalue weighted by molar-refractivity contribution is -0.0978. The number of benzene rings is 3. The summed E-state index contributed by atoms with van der Waals surface area (Å²) < 4.78 is 6.18. The van der Waals surface area contributed by atoms with E-state index in [1.807, 2.05) is 42.8 Å². The largest absolute Gasteiger partial charge is 0.508 e. The van der Waals surface area contributed by atoms with Crippen LogP contribution in [0.15, 0.2) is 51.1 Å². The van der Waals surface area contributed by atoms with E-state index in [2.05, 4.69) is 187 Å². The first-order valence-electron chi connectivity index (χ1n) is 30.0. The average molecular weight is 1300 g/mol. The summed E-state index contributed by atoms with van der Waals surface area (Å²) in [4.78, 5) is 4.15. The fourth-order valence-electron chi connectivity index (χ4n) is 20.9. The van der Waals surface area contributed by atoms with Crippen LogP contribution < -0.4 is 4.74 Å². The van der Waals surface area contributed by atoms with Crippen molar-refractivity contribution in [1.82, 2.24) is 0 Å². The fraction of sp³-hybridized carbons (Fsp3) is 0.731. The molecule has 3 nitrogen and oxygen atoms in total. The minimum Gasteiger partial charge on any atom is -0.508 e. The zero-order valence-corrected chi connectivity index (χ0v) is 57.6. The van der Waals surface area contributed by atoms with Crippen molar-refractivity contribution >= 4 is 85.7 Å². The fourth-order valence-corrected chi connectivity index (χ4v) is 26.4. The monoisotopic (exact) mass is 1290 g/mol. The number of ether oxygens (including phenoxy) is 1. The van der Waals surface area contributed by atoms with Crippen molar-refractivity contribution in [3.05, 3.63) is 69.8 Å². The van der Waals surface area contributed by atoms with Gasteiger partial charge >= 0.3 is 3.18 Å². The third kappa shape index (κ3) is 10.6. The van der Waals surface area contributed by atoms with E-state index in [9.17, 15) is 10.2 Å². The van der Waals surface area contributed by atoms with E-state index >= 15 is 0 Å². The van der Waals surface area contributed by atoms with Crippen LogP contribution in [0.25, 0.3) is 0 Å². The highest BCUT2D eigenvalue weighted by molar-refractivity contribution is 9.69. The molecule has 3 aromatic carbocycles.